The van der Waals surface area contributed by atoms with Crippen LogP contribution in [0.25, 0.3) is 0 Å². The number of carbonyl (C=O) groups is 1. The molecule has 1 aliphatic rings. The Hall–Kier alpha value is -1.51. The summed E-state index contributed by atoms with van der Waals surface area (Å²) in [6.45, 7) is 1.62. The normalized spacial score (nSPS) is 19.1. The molecule has 0 aromatic heterocycles. The van der Waals surface area contributed by atoms with Gasteiger partial charge in [0.25, 0.3) is 0 Å². The van der Waals surface area contributed by atoms with Gasteiger partial charge in [-0.1, -0.05) is 0 Å². The number of carbonyl (C=O) groups excluding carboxylic acids is 1. The lowest BCUT2D eigenvalue weighted by molar-refractivity contribution is -0.117. The number of likely N-dealkylation sites (N-methyl/N-ethyl adjacent to an activating group) is 1. The van der Waals surface area contributed by atoms with Gasteiger partial charge in [0.15, 0.2) is 0 Å². The molecule has 0 fully saturated rings. The van der Waals surface area contributed by atoms with E-state index in [9.17, 15) is 9.90 Å². The van der Waals surface area contributed by atoms with Crippen LogP contribution in [-0.4, -0.2) is 24.0 Å². The zero-order chi connectivity index (χ0) is 11.0. The summed E-state index contributed by atoms with van der Waals surface area (Å²) >= 11 is 0. The molecule has 1 aromatic carbocycles. The maximum Gasteiger partial charge on any atom is 0.131 e. The molecule has 15 heavy (non-hydrogen) atoms. The molecule has 0 amide bonds. The third kappa shape index (κ3) is 1.82. The van der Waals surface area contributed by atoms with Crippen LogP contribution >= 0.6 is 0 Å². The van der Waals surface area contributed by atoms with E-state index in [1.54, 1.807) is 19.1 Å². The second-order valence-electron chi connectivity index (χ2n) is 4.19. The number of fused-ring (bicyclic) bond motifs is 1. The van der Waals surface area contributed by atoms with E-state index >= 15 is 0 Å². The van der Waals surface area contributed by atoms with Crippen LogP contribution < -0.4 is 4.90 Å². The van der Waals surface area contributed by atoms with Crippen molar-refractivity contribution in [1.82, 2.24) is 0 Å². The average Bonchev–Trinajstić information content (AvgIpc) is 2.42. The Balaban J connectivity index is 2.25. The fourth-order valence-corrected chi connectivity index (χ4v) is 2.21. The summed E-state index contributed by atoms with van der Waals surface area (Å²) in [5.74, 6) is 0.509. The topological polar surface area (TPSA) is 40.5 Å². The number of hydrogen-bond donors (Lipinski definition) is 1. The first-order valence-electron chi connectivity index (χ1n) is 5.12. The van der Waals surface area contributed by atoms with Crippen LogP contribution in [0.3, 0.4) is 0 Å². The van der Waals surface area contributed by atoms with Crippen molar-refractivity contribution in [2.24, 2.45) is 0 Å². The molecule has 0 bridgehead atoms. The monoisotopic (exact) mass is 205 g/mol. The Morgan fingerprint density at radius 2 is 2.33 bits per heavy atom. The Kier molecular flexibility index (Phi) is 2.39. The zero-order valence-corrected chi connectivity index (χ0v) is 9.03. The van der Waals surface area contributed by atoms with Gasteiger partial charge >= 0.3 is 0 Å². The quantitative estimate of drug-likeness (QED) is 0.799. The summed E-state index contributed by atoms with van der Waals surface area (Å²) in [5.41, 5.74) is 2.25. The van der Waals surface area contributed by atoms with Crippen molar-refractivity contribution < 1.29 is 9.90 Å². The molecule has 0 saturated carbocycles. The van der Waals surface area contributed by atoms with Crippen molar-refractivity contribution in [2.75, 3.05) is 11.9 Å². The lowest BCUT2D eigenvalue weighted by Crippen LogP contribution is -2.29. The zero-order valence-electron chi connectivity index (χ0n) is 9.03. The lowest BCUT2D eigenvalue weighted by atomic mass is 10.1. The number of nitrogens with zero attached hydrogens (tertiary/aromatic N) is 1. The Morgan fingerprint density at radius 3 is 3.00 bits per heavy atom. The van der Waals surface area contributed by atoms with Gasteiger partial charge in [-0.05, 0) is 37.1 Å². The van der Waals surface area contributed by atoms with Gasteiger partial charge in [0.05, 0.1) is 0 Å². The van der Waals surface area contributed by atoms with Gasteiger partial charge in [0.2, 0.25) is 0 Å². The molecule has 0 saturated heterocycles. The van der Waals surface area contributed by atoms with Crippen LogP contribution in [0.5, 0.6) is 5.75 Å². The van der Waals surface area contributed by atoms with Crippen LogP contribution in [-0.2, 0) is 11.2 Å². The highest BCUT2D eigenvalue weighted by atomic mass is 16.3. The number of anilines is 1. The number of phenols is 1. The molecule has 1 heterocycles. The smallest absolute Gasteiger partial charge is 0.131 e. The summed E-state index contributed by atoms with van der Waals surface area (Å²) < 4.78 is 0. The van der Waals surface area contributed by atoms with E-state index in [4.69, 9.17) is 0 Å². The maximum atomic E-state index is 11.1. The summed E-state index contributed by atoms with van der Waals surface area (Å²) in [7, 11) is 2.00. The number of ketones is 1. The first-order valence-corrected chi connectivity index (χ1v) is 5.12. The molecule has 1 unspecified atom stereocenters. The molecule has 0 aliphatic carbocycles. The van der Waals surface area contributed by atoms with E-state index in [1.165, 1.54) is 0 Å². The highest BCUT2D eigenvalue weighted by Crippen LogP contribution is 2.34. The molecule has 1 atom stereocenters. The minimum Gasteiger partial charge on any atom is -0.508 e. The minimum absolute atomic E-state index is 0.212. The second-order valence-corrected chi connectivity index (χ2v) is 4.19. The molecular formula is C12H15NO2. The standard InChI is InChI=1S/C12H15NO2/c1-8(14)5-10-6-9-7-11(15)3-4-12(9)13(10)2/h3-4,7,10,15H,5-6H2,1-2H3. The van der Waals surface area contributed by atoms with Gasteiger partial charge in [0, 0.05) is 25.2 Å². The predicted molar refractivity (Wildman–Crippen MR) is 59.3 cm³/mol. The number of aromatic hydroxyl groups is 1. The van der Waals surface area contributed by atoms with Crippen LogP contribution in [0, 0.1) is 0 Å². The van der Waals surface area contributed by atoms with Crippen molar-refractivity contribution in [3.8, 4) is 5.75 Å². The molecule has 3 nitrogen and oxygen atoms in total. The highest BCUT2D eigenvalue weighted by molar-refractivity contribution is 5.77. The molecule has 0 spiro atoms. The summed E-state index contributed by atoms with van der Waals surface area (Å²) in [5, 5.41) is 9.37. The van der Waals surface area contributed by atoms with Crippen molar-refractivity contribution >= 4 is 11.5 Å². The van der Waals surface area contributed by atoms with Gasteiger partial charge in [-0.25, -0.2) is 0 Å². The van der Waals surface area contributed by atoms with Crippen molar-refractivity contribution in [3.05, 3.63) is 23.8 Å². The second kappa shape index (κ2) is 3.57. The number of benzene rings is 1. The van der Waals surface area contributed by atoms with E-state index in [0.29, 0.717) is 12.2 Å². The summed E-state index contributed by atoms with van der Waals surface area (Å²) in [6.07, 6.45) is 1.42. The fraction of sp³-hybridized carbons (Fsp3) is 0.417. The largest absolute Gasteiger partial charge is 0.508 e. The maximum absolute atomic E-state index is 11.1. The fourth-order valence-electron chi connectivity index (χ4n) is 2.21. The summed E-state index contributed by atoms with van der Waals surface area (Å²) in [6, 6.07) is 5.63. The SMILES string of the molecule is CC(=O)CC1Cc2cc(O)ccc2N1C. The summed E-state index contributed by atoms with van der Waals surface area (Å²) in [4.78, 5) is 13.2. The molecule has 1 aliphatic heterocycles. The number of hydrogen-bond acceptors (Lipinski definition) is 3. The molecule has 80 valence electrons. The third-order valence-electron chi connectivity index (χ3n) is 2.97. The Morgan fingerprint density at radius 1 is 1.60 bits per heavy atom. The highest BCUT2D eigenvalue weighted by Gasteiger charge is 2.27. The van der Waals surface area contributed by atoms with Gasteiger partial charge in [-0.2, -0.15) is 0 Å². The van der Waals surface area contributed by atoms with Crippen molar-refractivity contribution in [1.29, 1.82) is 0 Å². The van der Waals surface area contributed by atoms with E-state index in [1.807, 2.05) is 13.1 Å². The van der Waals surface area contributed by atoms with Gasteiger partial charge < -0.3 is 10.0 Å². The number of Topliss-reactive ketones (excluding diaryl/α,β-unsaturated/α-hetero) is 1. The van der Waals surface area contributed by atoms with Crippen LogP contribution in [0.2, 0.25) is 0 Å². The van der Waals surface area contributed by atoms with Crippen LogP contribution in [0.15, 0.2) is 18.2 Å². The lowest BCUT2D eigenvalue weighted by Gasteiger charge is -2.21. The molecule has 1 aromatic rings. The number of phenolic OH excluding ortho intramolecular Hbond substituents is 1. The van der Waals surface area contributed by atoms with Crippen LogP contribution in [0.4, 0.5) is 5.69 Å². The molecule has 2 rings (SSSR count). The Bertz CT molecular complexity index is 401. The molecule has 1 N–H and O–H groups in total. The minimum atomic E-state index is 0.212. The first kappa shape index (κ1) is 10.0. The molecule has 3 heteroatoms. The average molecular weight is 205 g/mol. The van der Waals surface area contributed by atoms with Crippen LogP contribution in [0.1, 0.15) is 18.9 Å². The van der Waals surface area contributed by atoms with E-state index in [2.05, 4.69) is 4.90 Å². The molecular weight excluding hydrogens is 190 g/mol. The van der Waals surface area contributed by atoms with E-state index in [-0.39, 0.29) is 11.8 Å². The van der Waals surface area contributed by atoms with Gasteiger partial charge in [0.1, 0.15) is 11.5 Å². The molecule has 0 radical (unpaired) electrons. The predicted octanol–water partition coefficient (Wildman–Crippen LogP) is 1.73. The first-order chi connectivity index (χ1) is 7.08. The number of rotatable bonds is 2. The Labute approximate surface area is 89.3 Å². The van der Waals surface area contributed by atoms with Crippen molar-refractivity contribution in [2.45, 2.75) is 25.8 Å². The van der Waals surface area contributed by atoms with Crippen molar-refractivity contribution in [3.63, 3.8) is 0 Å². The van der Waals surface area contributed by atoms with Gasteiger partial charge in [-0.3, -0.25) is 4.79 Å². The van der Waals surface area contributed by atoms with Gasteiger partial charge in [-0.15, -0.1) is 0 Å². The van der Waals surface area contributed by atoms with E-state index < -0.39 is 0 Å². The third-order valence-corrected chi connectivity index (χ3v) is 2.97. The van der Waals surface area contributed by atoms with E-state index in [0.717, 1.165) is 17.7 Å².